The van der Waals surface area contributed by atoms with Gasteiger partial charge in [0.1, 0.15) is 5.52 Å². The van der Waals surface area contributed by atoms with Crippen molar-refractivity contribution in [2.75, 3.05) is 25.5 Å². The van der Waals surface area contributed by atoms with Gasteiger partial charge >= 0.3 is 0 Å². The largest absolute Gasteiger partial charge is 0.394 e. The number of anilines is 1. The van der Waals surface area contributed by atoms with Crippen molar-refractivity contribution in [2.45, 2.75) is 52.7 Å². The molecule has 0 saturated carbocycles. The van der Waals surface area contributed by atoms with Gasteiger partial charge in [0.15, 0.2) is 5.65 Å². The molecule has 0 bridgehead atoms. The van der Waals surface area contributed by atoms with Crippen molar-refractivity contribution in [3.05, 3.63) is 12.0 Å². The summed E-state index contributed by atoms with van der Waals surface area (Å²) in [6.07, 6.45) is 2.64. The maximum Gasteiger partial charge on any atom is 0.225 e. The molecule has 23 heavy (non-hydrogen) atoms. The number of rotatable bonds is 8. The molecule has 2 aromatic heterocycles. The Balaban J connectivity index is 2.48. The molecule has 0 amide bonds. The van der Waals surface area contributed by atoms with Gasteiger partial charge in [0.25, 0.3) is 0 Å². The second-order valence-corrected chi connectivity index (χ2v) is 6.17. The van der Waals surface area contributed by atoms with E-state index in [2.05, 4.69) is 57.6 Å². The van der Waals surface area contributed by atoms with Crippen LogP contribution in [0.25, 0.3) is 11.2 Å². The van der Waals surface area contributed by atoms with E-state index in [4.69, 9.17) is 0 Å². The quantitative estimate of drug-likeness (QED) is 0.775. The van der Waals surface area contributed by atoms with Crippen LogP contribution in [-0.4, -0.2) is 55.8 Å². The molecule has 2 heterocycles. The highest BCUT2D eigenvalue weighted by Gasteiger charge is 2.17. The van der Waals surface area contributed by atoms with Gasteiger partial charge in [0.05, 0.1) is 24.7 Å². The van der Waals surface area contributed by atoms with E-state index in [0.717, 1.165) is 36.4 Å². The number of aliphatic hydroxyl groups excluding tert-OH is 1. The van der Waals surface area contributed by atoms with Crippen LogP contribution in [0, 0.1) is 0 Å². The fourth-order valence-electron chi connectivity index (χ4n) is 2.35. The molecule has 0 aliphatic rings. The summed E-state index contributed by atoms with van der Waals surface area (Å²) in [5.74, 6) is 0.556. The number of imidazole rings is 1. The smallest absolute Gasteiger partial charge is 0.225 e. The Kier molecular flexibility index (Phi) is 5.90. The van der Waals surface area contributed by atoms with Crippen molar-refractivity contribution < 1.29 is 5.11 Å². The van der Waals surface area contributed by atoms with Crippen LogP contribution >= 0.6 is 0 Å². The number of hydrogen-bond donors (Lipinski definition) is 2. The average Bonchev–Trinajstić information content (AvgIpc) is 2.96. The van der Waals surface area contributed by atoms with Gasteiger partial charge in [0, 0.05) is 12.6 Å². The molecule has 0 aromatic carbocycles. The summed E-state index contributed by atoms with van der Waals surface area (Å²) in [6, 6.07) is 0.235. The summed E-state index contributed by atoms with van der Waals surface area (Å²) in [5.41, 5.74) is 2.60. The molecule has 0 spiro atoms. The fraction of sp³-hybridized carbons (Fsp3) is 0.688. The van der Waals surface area contributed by atoms with E-state index < -0.39 is 0 Å². The lowest BCUT2D eigenvalue weighted by Gasteiger charge is -2.17. The summed E-state index contributed by atoms with van der Waals surface area (Å²) < 4.78 is 2.05. The predicted molar refractivity (Wildman–Crippen MR) is 92.5 cm³/mol. The topological polar surface area (TPSA) is 79.1 Å². The van der Waals surface area contributed by atoms with Gasteiger partial charge in [-0.2, -0.15) is 4.98 Å². The van der Waals surface area contributed by atoms with E-state index >= 15 is 0 Å². The molecule has 0 radical (unpaired) electrons. The highest BCUT2D eigenvalue weighted by molar-refractivity contribution is 5.75. The number of nitrogens with one attached hydrogen (secondary N) is 1. The molecule has 128 valence electrons. The Morgan fingerprint density at radius 2 is 2.04 bits per heavy atom. The monoisotopic (exact) mass is 320 g/mol. The fourth-order valence-corrected chi connectivity index (χ4v) is 2.35. The number of fused-ring (bicyclic) bond motifs is 1. The molecule has 0 aliphatic heterocycles. The lowest BCUT2D eigenvalue weighted by molar-refractivity contribution is 0.271. The minimum atomic E-state index is -0.0420. The van der Waals surface area contributed by atoms with Crippen molar-refractivity contribution in [3.63, 3.8) is 0 Å². The highest BCUT2D eigenvalue weighted by atomic mass is 16.3. The third kappa shape index (κ3) is 3.97. The zero-order valence-corrected chi connectivity index (χ0v) is 14.7. The van der Waals surface area contributed by atoms with Gasteiger partial charge in [-0.3, -0.25) is 0 Å². The normalized spacial score (nSPS) is 13.2. The van der Waals surface area contributed by atoms with E-state index in [9.17, 15) is 5.11 Å². The van der Waals surface area contributed by atoms with Crippen LogP contribution in [0.15, 0.2) is 6.33 Å². The lowest BCUT2D eigenvalue weighted by atomic mass is 10.2. The molecule has 2 rings (SSSR count). The van der Waals surface area contributed by atoms with Crippen LogP contribution in [0.3, 0.4) is 0 Å². The molecular weight excluding hydrogens is 292 g/mol. The third-order valence-corrected chi connectivity index (χ3v) is 4.06. The zero-order valence-electron chi connectivity index (χ0n) is 14.7. The van der Waals surface area contributed by atoms with E-state index in [1.165, 1.54) is 0 Å². The minimum absolute atomic E-state index is 0.0420. The first kappa shape index (κ1) is 17.6. The molecule has 0 saturated heterocycles. The van der Waals surface area contributed by atoms with E-state index in [1.54, 1.807) is 0 Å². The second-order valence-electron chi connectivity index (χ2n) is 6.17. The summed E-state index contributed by atoms with van der Waals surface area (Å²) in [6.45, 7) is 10.1. The predicted octanol–water partition coefficient (Wildman–Crippen LogP) is 2.04. The van der Waals surface area contributed by atoms with Gasteiger partial charge in [0.2, 0.25) is 5.95 Å². The Hall–Kier alpha value is -1.73. The van der Waals surface area contributed by atoms with Crippen LogP contribution < -0.4 is 5.32 Å². The van der Waals surface area contributed by atoms with Gasteiger partial charge in [-0.15, -0.1) is 0 Å². The second kappa shape index (κ2) is 7.70. The molecule has 1 atom stereocenters. The molecule has 7 nitrogen and oxygen atoms in total. The third-order valence-electron chi connectivity index (χ3n) is 4.06. The van der Waals surface area contributed by atoms with Crippen molar-refractivity contribution in [2.24, 2.45) is 0 Å². The molecule has 0 fully saturated rings. The SMILES string of the molecule is CC[C@@H](CO)Nc1nc(CN(C)CC)c2ncn(C(C)C)c2n1. The van der Waals surface area contributed by atoms with E-state index in [1.807, 2.05) is 13.3 Å². The molecule has 0 aliphatic carbocycles. The Morgan fingerprint density at radius 1 is 1.30 bits per heavy atom. The molecule has 7 heteroatoms. The first-order valence-electron chi connectivity index (χ1n) is 8.29. The first-order chi connectivity index (χ1) is 11.0. The summed E-state index contributed by atoms with van der Waals surface area (Å²) in [5, 5.41) is 12.6. The van der Waals surface area contributed by atoms with Crippen molar-refractivity contribution in [1.82, 2.24) is 24.4 Å². The van der Waals surface area contributed by atoms with Gasteiger partial charge in [-0.25, -0.2) is 9.97 Å². The van der Waals surface area contributed by atoms with Gasteiger partial charge < -0.3 is 19.9 Å². The molecular formula is C16H28N6O. The standard InChI is InChI=1S/C16H28N6O/c1-6-12(9-23)18-16-19-13(8-21(5)7-2)14-15(20-16)22(10-17-14)11(3)4/h10-12,23H,6-9H2,1-5H3,(H,18,19,20)/t12-/m0/s1. The van der Waals surface area contributed by atoms with Crippen molar-refractivity contribution in [1.29, 1.82) is 0 Å². The van der Waals surface area contributed by atoms with E-state index in [-0.39, 0.29) is 18.7 Å². The number of nitrogens with zero attached hydrogens (tertiary/aromatic N) is 5. The van der Waals surface area contributed by atoms with Crippen LogP contribution in [0.1, 0.15) is 45.9 Å². The maximum atomic E-state index is 9.41. The average molecular weight is 320 g/mol. The molecule has 2 N–H and O–H groups in total. The summed E-state index contributed by atoms with van der Waals surface area (Å²) >= 11 is 0. The number of aromatic nitrogens is 4. The Labute approximate surface area is 137 Å². The molecule has 0 unspecified atom stereocenters. The number of hydrogen-bond acceptors (Lipinski definition) is 6. The summed E-state index contributed by atoms with van der Waals surface area (Å²) in [4.78, 5) is 16.0. The van der Waals surface area contributed by atoms with Gasteiger partial charge in [-0.1, -0.05) is 13.8 Å². The van der Waals surface area contributed by atoms with Crippen LogP contribution in [0.2, 0.25) is 0 Å². The Bertz CT molecular complexity index is 635. The first-order valence-corrected chi connectivity index (χ1v) is 8.29. The van der Waals surface area contributed by atoms with Crippen LogP contribution in [0.5, 0.6) is 0 Å². The van der Waals surface area contributed by atoms with Gasteiger partial charge in [-0.05, 0) is 33.9 Å². The minimum Gasteiger partial charge on any atom is -0.394 e. The van der Waals surface area contributed by atoms with Crippen molar-refractivity contribution in [3.8, 4) is 0 Å². The summed E-state index contributed by atoms with van der Waals surface area (Å²) in [7, 11) is 2.06. The molecule has 2 aromatic rings. The Morgan fingerprint density at radius 3 is 2.61 bits per heavy atom. The zero-order chi connectivity index (χ0) is 17.0. The van der Waals surface area contributed by atoms with E-state index in [0.29, 0.717) is 5.95 Å². The highest BCUT2D eigenvalue weighted by Crippen LogP contribution is 2.21. The maximum absolute atomic E-state index is 9.41. The van der Waals surface area contributed by atoms with Crippen molar-refractivity contribution >= 4 is 17.1 Å². The lowest BCUT2D eigenvalue weighted by Crippen LogP contribution is -2.25. The van der Waals surface area contributed by atoms with Crippen LogP contribution in [0.4, 0.5) is 5.95 Å². The number of aliphatic hydroxyl groups is 1. The van der Waals surface area contributed by atoms with Crippen LogP contribution in [-0.2, 0) is 6.54 Å².